The third-order valence-electron chi connectivity index (χ3n) is 2.58. The van der Waals surface area contributed by atoms with Crippen LogP contribution in [-0.2, 0) is 7.05 Å². The van der Waals surface area contributed by atoms with E-state index < -0.39 is 0 Å². The lowest BCUT2D eigenvalue weighted by atomic mass is 10.2. The van der Waals surface area contributed by atoms with Crippen molar-refractivity contribution in [2.45, 2.75) is 38.8 Å². The van der Waals surface area contributed by atoms with Gasteiger partial charge in [0.25, 0.3) is 0 Å². The lowest BCUT2D eigenvalue weighted by molar-refractivity contribution is 0.541. The molecule has 1 N–H and O–H groups in total. The SMILES string of the molecule is Cc1nnc(SCCCCNCC(C)C)n1C. The molecule has 98 valence electrons. The Morgan fingerprint density at radius 1 is 1.29 bits per heavy atom. The first-order valence-electron chi connectivity index (χ1n) is 6.30. The summed E-state index contributed by atoms with van der Waals surface area (Å²) in [4.78, 5) is 0. The molecule has 0 unspecified atom stereocenters. The molecule has 0 fully saturated rings. The van der Waals surface area contributed by atoms with Crippen molar-refractivity contribution in [1.29, 1.82) is 0 Å². The van der Waals surface area contributed by atoms with E-state index in [0.717, 1.165) is 35.7 Å². The van der Waals surface area contributed by atoms with Crippen molar-refractivity contribution in [2.24, 2.45) is 13.0 Å². The zero-order chi connectivity index (χ0) is 12.7. The molecule has 17 heavy (non-hydrogen) atoms. The molecule has 4 nitrogen and oxygen atoms in total. The highest BCUT2D eigenvalue weighted by Crippen LogP contribution is 2.16. The minimum atomic E-state index is 0.742. The van der Waals surface area contributed by atoms with E-state index in [0.29, 0.717) is 0 Å². The van der Waals surface area contributed by atoms with E-state index in [-0.39, 0.29) is 0 Å². The van der Waals surface area contributed by atoms with E-state index in [1.165, 1.54) is 12.8 Å². The normalized spacial score (nSPS) is 11.4. The van der Waals surface area contributed by atoms with E-state index in [1.54, 1.807) is 11.8 Å². The van der Waals surface area contributed by atoms with Gasteiger partial charge in [0.2, 0.25) is 0 Å². The zero-order valence-corrected chi connectivity index (χ0v) is 12.2. The number of hydrogen-bond donors (Lipinski definition) is 1. The molecule has 1 aromatic rings. The average molecular weight is 256 g/mol. The van der Waals surface area contributed by atoms with Crippen LogP contribution in [0.2, 0.25) is 0 Å². The molecule has 0 atom stereocenters. The van der Waals surface area contributed by atoms with Gasteiger partial charge in [-0.15, -0.1) is 10.2 Å². The fourth-order valence-corrected chi connectivity index (χ4v) is 2.38. The lowest BCUT2D eigenvalue weighted by Crippen LogP contribution is -2.20. The summed E-state index contributed by atoms with van der Waals surface area (Å²) < 4.78 is 2.04. The van der Waals surface area contributed by atoms with Crippen LogP contribution in [0.4, 0.5) is 0 Å². The Labute approximate surface area is 109 Å². The summed E-state index contributed by atoms with van der Waals surface area (Å²) in [5.41, 5.74) is 0. The first-order chi connectivity index (χ1) is 8.11. The molecule has 5 heteroatoms. The summed E-state index contributed by atoms with van der Waals surface area (Å²) in [6.07, 6.45) is 2.46. The van der Waals surface area contributed by atoms with Gasteiger partial charge in [-0.3, -0.25) is 0 Å². The van der Waals surface area contributed by atoms with Crippen molar-refractivity contribution in [3.05, 3.63) is 5.82 Å². The van der Waals surface area contributed by atoms with Crippen molar-refractivity contribution in [2.75, 3.05) is 18.8 Å². The molecule has 0 aromatic carbocycles. The Bertz CT molecular complexity index is 322. The summed E-state index contributed by atoms with van der Waals surface area (Å²) in [6, 6.07) is 0. The molecule has 0 radical (unpaired) electrons. The maximum atomic E-state index is 4.13. The van der Waals surface area contributed by atoms with Crippen molar-refractivity contribution in [3.8, 4) is 0 Å². The standard InChI is InChI=1S/C12H24N4S/c1-10(2)9-13-7-5-6-8-17-12-15-14-11(3)16(12)4/h10,13H,5-9H2,1-4H3. The van der Waals surface area contributed by atoms with Gasteiger partial charge < -0.3 is 9.88 Å². The van der Waals surface area contributed by atoms with Crippen LogP contribution < -0.4 is 5.32 Å². The van der Waals surface area contributed by atoms with Crippen LogP contribution in [0.3, 0.4) is 0 Å². The fraction of sp³-hybridized carbons (Fsp3) is 0.833. The number of nitrogens with one attached hydrogen (secondary N) is 1. The van der Waals surface area contributed by atoms with Gasteiger partial charge in [0, 0.05) is 12.8 Å². The predicted octanol–water partition coefficient (Wildman–Crippen LogP) is 2.24. The molecule has 0 aliphatic rings. The fourth-order valence-electron chi connectivity index (χ4n) is 1.42. The third kappa shape index (κ3) is 5.55. The molecule has 0 spiro atoms. The Kier molecular flexibility index (Phi) is 6.58. The molecule has 1 rings (SSSR count). The van der Waals surface area contributed by atoms with E-state index in [1.807, 2.05) is 18.5 Å². The average Bonchev–Trinajstić information content (AvgIpc) is 2.59. The van der Waals surface area contributed by atoms with Crippen LogP contribution in [0.15, 0.2) is 5.16 Å². The summed E-state index contributed by atoms with van der Waals surface area (Å²) in [5.74, 6) is 2.84. The number of hydrogen-bond acceptors (Lipinski definition) is 4. The van der Waals surface area contributed by atoms with Crippen LogP contribution in [0.25, 0.3) is 0 Å². The number of aromatic nitrogens is 3. The highest BCUT2D eigenvalue weighted by atomic mass is 32.2. The maximum absolute atomic E-state index is 4.13. The van der Waals surface area contributed by atoms with Crippen LogP contribution in [0.1, 0.15) is 32.5 Å². The highest BCUT2D eigenvalue weighted by molar-refractivity contribution is 7.99. The number of aryl methyl sites for hydroxylation is 1. The van der Waals surface area contributed by atoms with Crippen molar-refractivity contribution < 1.29 is 0 Å². The maximum Gasteiger partial charge on any atom is 0.190 e. The van der Waals surface area contributed by atoms with Gasteiger partial charge in [0.15, 0.2) is 5.16 Å². The molecule has 0 amide bonds. The molecule has 1 heterocycles. The van der Waals surface area contributed by atoms with Gasteiger partial charge in [0.1, 0.15) is 5.82 Å². The Balaban J connectivity index is 2.03. The van der Waals surface area contributed by atoms with Crippen LogP contribution in [0.5, 0.6) is 0 Å². The van der Waals surface area contributed by atoms with Gasteiger partial charge in [-0.05, 0) is 38.8 Å². The summed E-state index contributed by atoms with van der Waals surface area (Å²) in [7, 11) is 2.02. The molecule has 0 aliphatic carbocycles. The van der Waals surface area contributed by atoms with Gasteiger partial charge in [-0.1, -0.05) is 25.6 Å². The molecular formula is C12H24N4S. The van der Waals surface area contributed by atoms with Crippen LogP contribution >= 0.6 is 11.8 Å². The molecule has 0 saturated heterocycles. The molecule has 0 bridgehead atoms. The Morgan fingerprint density at radius 2 is 2.06 bits per heavy atom. The number of unbranched alkanes of at least 4 members (excludes halogenated alkanes) is 1. The van der Waals surface area contributed by atoms with Crippen molar-refractivity contribution in [1.82, 2.24) is 20.1 Å². The molecule has 0 saturated carbocycles. The number of nitrogens with zero attached hydrogens (tertiary/aromatic N) is 3. The number of thioether (sulfide) groups is 1. The minimum Gasteiger partial charge on any atom is -0.316 e. The topological polar surface area (TPSA) is 42.7 Å². The molecule has 0 aliphatic heterocycles. The number of rotatable bonds is 8. The van der Waals surface area contributed by atoms with Crippen molar-refractivity contribution in [3.63, 3.8) is 0 Å². The van der Waals surface area contributed by atoms with E-state index >= 15 is 0 Å². The largest absolute Gasteiger partial charge is 0.316 e. The van der Waals surface area contributed by atoms with E-state index in [2.05, 4.69) is 29.4 Å². The summed E-state index contributed by atoms with van der Waals surface area (Å²) >= 11 is 1.79. The molecular weight excluding hydrogens is 232 g/mol. The highest BCUT2D eigenvalue weighted by Gasteiger charge is 2.04. The van der Waals surface area contributed by atoms with Crippen LogP contribution in [0, 0.1) is 12.8 Å². The Hall–Kier alpha value is -0.550. The van der Waals surface area contributed by atoms with Gasteiger partial charge in [-0.25, -0.2) is 0 Å². The zero-order valence-electron chi connectivity index (χ0n) is 11.4. The second-order valence-corrected chi connectivity index (χ2v) is 5.80. The summed E-state index contributed by atoms with van der Waals surface area (Å²) in [6.45, 7) is 8.69. The van der Waals surface area contributed by atoms with Gasteiger partial charge in [0.05, 0.1) is 0 Å². The minimum absolute atomic E-state index is 0.742. The first kappa shape index (κ1) is 14.5. The van der Waals surface area contributed by atoms with E-state index in [4.69, 9.17) is 0 Å². The monoisotopic (exact) mass is 256 g/mol. The second kappa shape index (κ2) is 7.71. The van der Waals surface area contributed by atoms with Crippen molar-refractivity contribution >= 4 is 11.8 Å². The predicted molar refractivity (Wildman–Crippen MR) is 73.4 cm³/mol. The van der Waals surface area contributed by atoms with Crippen LogP contribution in [-0.4, -0.2) is 33.6 Å². The van der Waals surface area contributed by atoms with Gasteiger partial charge in [-0.2, -0.15) is 0 Å². The lowest BCUT2D eigenvalue weighted by Gasteiger charge is -2.06. The Morgan fingerprint density at radius 3 is 2.65 bits per heavy atom. The van der Waals surface area contributed by atoms with Gasteiger partial charge >= 0.3 is 0 Å². The quantitative estimate of drug-likeness (QED) is 0.572. The first-order valence-corrected chi connectivity index (χ1v) is 7.29. The third-order valence-corrected chi connectivity index (χ3v) is 3.69. The van der Waals surface area contributed by atoms with E-state index in [9.17, 15) is 0 Å². The summed E-state index contributed by atoms with van der Waals surface area (Å²) in [5, 5.41) is 12.7. The smallest absolute Gasteiger partial charge is 0.190 e. The second-order valence-electron chi connectivity index (χ2n) is 4.74. The molecule has 1 aromatic heterocycles.